The molecule has 2 atom stereocenters. The molecule has 2 aromatic heterocycles. The number of carbonyl (C=O) groups is 1. The Kier molecular flexibility index (Phi) is 4.69. The van der Waals surface area contributed by atoms with E-state index in [4.69, 9.17) is 9.15 Å². The largest absolute Gasteiger partial charge is 0.497 e. The first-order valence-corrected chi connectivity index (χ1v) is 8.77. The molecule has 1 aliphatic heterocycles. The Morgan fingerprint density at radius 3 is 2.83 bits per heavy atom. The first-order chi connectivity index (χ1) is 13.8. The second-order valence-corrected chi connectivity index (χ2v) is 6.55. The van der Waals surface area contributed by atoms with Crippen LogP contribution in [-0.2, 0) is 0 Å². The summed E-state index contributed by atoms with van der Waals surface area (Å²) in [5, 5.41) is 9.49. The monoisotopic (exact) mass is 406 g/mol. The standard InChI is InChI=1S/C19H17F3N4O3/c1-28-12-5-2-4-11(8-12)23-18(27)14-10-17-24-13(15-6-3-7-29-15)9-16(19(20,21)22)26(17)25-14/h2-8,10,13,16,24H,9H2,1H3,(H,23,27)/t13-,16+/m1/s1. The van der Waals surface area contributed by atoms with E-state index in [1.54, 1.807) is 36.4 Å². The lowest BCUT2D eigenvalue weighted by Crippen LogP contribution is -2.35. The van der Waals surface area contributed by atoms with Gasteiger partial charge in [-0.05, 0) is 24.3 Å². The maximum Gasteiger partial charge on any atom is 0.410 e. The Hall–Kier alpha value is -3.43. The van der Waals surface area contributed by atoms with Crippen molar-refractivity contribution in [3.63, 3.8) is 0 Å². The Balaban J connectivity index is 1.62. The number of fused-ring (bicyclic) bond motifs is 1. The van der Waals surface area contributed by atoms with Crippen molar-refractivity contribution in [2.45, 2.75) is 24.7 Å². The van der Waals surface area contributed by atoms with Gasteiger partial charge in [-0.25, -0.2) is 4.68 Å². The van der Waals surface area contributed by atoms with Gasteiger partial charge in [0.25, 0.3) is 5.91 Å². The van der Waals surface area contributed by atoms with E-state index in [0.717, 1.165) is 4.68 Å². The number of alkyl halides is 3. The van der Waals surface area contributed by atoms with Crippen LogP contribution < -0.4 is 15.4 Å². The molecular weight excluding hydrogens is 389 g/mol. The van der Waals surface area contributed by atoms with Gasteiger partial charge in [0.1, 0.15) is 17.3 Å². The average molecular weight is 406 g/mol. The highest BCUT2D eigenvalue weighted by atomic mass is 19.4. The third kappa shape index (κ3) is 3.78. The summed E-state index contributed by atoms with van der Waals surface area (Å²) in [5.41, 5.74) is 0.304. The van der Waals surface area contributed by atoms with Gasteiger partial charge in [0.15, 0.2) is 11.7 Å². The van der Waals surface area contributed by atoms with E-state index in [1.165, 1.54) is 19.4 Å². The summed E-state index contributed by atoms with van der Waals surface area (Å²) in [4.78, 5) is 12.5. The molecule has 0 fully saturated rings. The predicted octanol–water partition coefficient (Wildman–Crippen LogP) is 4.40. The molecule has 0 radical (unpaired) electrons. The van der Waals surface area contributed by atoms with Gasteiger partial charge in [-0.15, -0.1) is 0 Å². The number of hydrogen-bond donors (Lipinski definition) is 2. The molecule has 0 bridgehead atoms. The van der Waals surface area contributed by atoms with E-state index in [1.807, 2.05) is 0 Å². The second kappa shape index (κ2) is 7.19. The Morgan fingerprint density at radius 2 is 2.14 bits per heavy atom. The first-order valence-electron chi connectivity index (χ1n) is 8.77. The summed E-state index contributed by atoms with van der Waals surface area (Å²) in [6, 6.07) is 8.56. The van der Waals surface area contributed by atoms with Gasteiger partial charge >= 0.3 is 6.18 Å². The van der Waals surface area contributed by atoms with Crippen LogP contribution in [0.2, 0.25) is 0 Å². The lowest BCUT2D eigenvalue weighted by Gasteiger charge is -2.32. The fourth-order valence-electron chi connectivity index (χ4n) is 3.26. The summed E-state index contributed by atoms with van der Waals surface area (Å²) in [5.74, 6) is 0.384. The molecule has 0 saturated heterocycles. The summed E-state index contributed by atoms with van der Waals surface area (Å²) in [7, 11) is 1.49. The van der Waals surface area contributed by atoms with Crippen molar-refractivity contribution in [2.24, 2.45) is 0 Å². The van der Waals surface area contributed by atoms with Crippen LogP contribution in [0.3, 0.4) is 0 Å². The molecule has 3 heterocycles. The van der Waals surface area contributed by atoms with Gasteiger partial charge in [0.05, 0.1) is 19.4 Å². The minimum atomic E-state index is -4.53. The number of halogens is 3. The summed E-state index contributed by atoms with van der Waals surface area (Å²) >= 11 is 0. The molecule has 0 unspecified atom stereocenters. The summed E-state index contributed by atoms with van der Waals surface area (Å²) < 4.78 is 52.1. The number of nitrogens with one attached hydrogen (secondary N) is 2. The normalized spacial score (nSPS) is 18.6. The zero-order valence-electron chi connectivity index (χ0n) is 15.2. The molecule has 4 rings (SSSR count). The minimum absolute atomic E-state index is 0.0933. The van der Waals surface area contributed by atoms with Crippen LogP contribution in [0.15, 0.2) is 53.1 Å². The highest BCUT2D eigenvalue weighted by molar-refractivity contribution is 6.03. The molecule has 7 nitrogen and oxygen atoms in total. The quantitative estimate of drug-likeness (QED) is 0.671. The molecule has 0 spiro atoms. The maximum atomic E-state index is 13.6. The maximum absolute atomic E-state index is 13.6. The van der Waals surface area contributed by atoms with Crippen molar-refractivity contribution in [1.29, 1.82) is 0 Å². The molecule has 1 amide bonds. The molecule has 29 heavy (non-hydrogen) atoms. The van der Waals surface area contributed by atoms with Gasteiger partial charge in [-0.1, -0.05) is 6.07 Å². The third-order valence-electron chi connectivity index (χ3n) is 4.64. The van der Waals surface area contributed by atoms with Crippen molar-refractivity contribution in [2.75, 3.05) is 17.7 Å². The van der Waals surface area contributed by atoms with Gasteiger partial charge in [-0.2, -0.15) is 18.3 Å². The lowest BCUT2D eigenvalue weighted by molar-refractivity contribution is -0.174. The SMILES string of the molecule is COc1cccc(NC(=O)c2cc3n(n2)[C@H](C(F)(F)F)C[C@H](c2ccco2)N3)c1. The average Bonchev–Trinajstić information content (AvgIpc) is 3.36. The Labute approximate surface area is 163 Å². The van der Waals surface area contributed by atoms with Crippen molar-refractivity contribution in [1.82, 2.24) is 9.78 Å². The van der Waals surface area contributed by atoms with E-state index < -0.39 is 24.2 Å². The van der Waals surface area contributed by atoms with Crippen LogP contribution in [-0.4, -0.2) is 29.0 Å². The van der Waals surface area contributed by atoms with Crippen molar-refractivity contribution >= 4 is 17.4 Å². The number of hydrogen-bond acceptors (Lipinski definition) is 5. The fraction of sp³-hybridized carbons (Fsp3) is 0.263. The molecule has 152 valence electrons. The third-order valence-corrected chi connectivity index (χ3v) is 4.64. The number of ether oxygens (including phenoxy) is 1. The number of carbonyl (C=O) groups excluding carboxylic acids is 1. The minimum Gasteiger partial charge on any atom is -0.497 e. The molecule has 3 aromatic rings. The van der Waals surface area contributed by atoms with Crippen molar-refractivity contribution < 1.29 is 27.1 Å². The molecular formula is C19H17F3N4O3. The van der Waals surface area contributed by atoms with Crippen LogP contribution in [0.1, 0.15) is 34.8 Å². The number of furan rings is 1. The molecule has 2 N–H and O–H groups in total. The van der Waals surface area contributed by atoms with Gasteiger partial charge in [0, 0.05) is 24.2 Å². The van der Waals surface area contributed by atoms with Crippen molar-refractivity contribution in [3.8, 4) is 5.75 Å². The number of amides is 1. The van der Waals surface area contributed by atoms with Gasteiger partial charge in [-0.3, -0.25) is 4.79 Å². The van der Waals surface area contributed by atoms with E-state index in [2.05, 4.69) is 15.7 Å². The fourth-order valence-corrected chi connectivity index (χ4v) is 3.26. The molecule has 10 heteroatoms. The van der Waals surface area contributed by atoms with Crippen molar-refractivity contribution in [3.05, 3.63) is 60.2 Å². The number of nitrogens with zero attached hydrogens (tertiary/aromatic N) is 2. The number of methoxy groups -OCH3 is 1. The number of rotatable bonds is 4. The number of aromatic nitrogens is 2. The zero-order chi connectivity index (χ0) is 20.6. The van der Waals surface area contributed by atoms with Crippen LogP contribution in [0.4, 0.5) is 24.7 Å². The lowest BCUT2D eigenvalue weighted by atomic mass is 10.0. The van der Waals surface area contributed by atoms with E-state index in [9.17, 15) is 18.0 Å². The molecule has 1 aromatic carbocycles. The van der Waals surface area contributed by atoms with Crippen LogP contribution in [0, 0.1) is 0 Å². The van der Waals surface area contributed by atoms with Crippen LogP contribution >= 0.6 is 0 Å². The highest BCUT2D eigenvalue weighted by Gasteiger charge is 2.47. The predicted molar refractivity (Wildman–Crippen MR) is 98.0 cm³/mol. The van der Waals surface area contributed by atoms with E-state index in [0.29, 0.717) is 17.2 Å². The smallest absolute Gasteiger partial charge is 0.410 e. The summed E-state index contributed by atoms with van der Waals surface area (Å²) in [6.07, 6.45) is -3.44. The number of benzene rings is 1. The topological polar surface area (TPSA) is 81.3 Å². The molecule has 1 aliphatic rings. The Morgan fingerprint density at radius 1 is 1.31 bits per heavy atom. The zero-order valence-corrected chi connectivity index (χ0v) is 15.2. The van der Waals surface area contributed by atoms with Gasteiger partial charge < -0.3 is 19.8 Å². The number of anilines is 2. The highest BCUT2D eigenvalue weighted by Crippen LogP contribution is 2.43. The van der Waals surface area contributed by atoms with Crippen LogP contribution in [0.25, 0.3) is 0 Å². The van der Waals surface area contributed by atoms with E-state index >= 15 is 0 Å². The first kappa shape index (κ1) is 18.9. The molecule has 0 aliphatic carbocycles. The van der Waals surface area contributed by atoms with E-state index in [-0.39, 0.29) is 17.9 Å². The van der Waals surface area contributed by atoms with Crippen LogP contribution in [0.5, 0.6) is 5.75 Å². The molecule has 0 saturated carbocycles. The van der Waals surface area contributed by atoms with Gasteiger partial charge in [0.2, 0.25) is 0 Å². The Bertz CT molecular complexity index is 1010. The summed E-state index contributed by atoms with van der Waals surface area (Å²) in [6.45, 7) is 0. The second-order valence-electron chi connectivity index (χ2n) is 6.55.